The van der Waals surface area contributed by atoms with E-state index in [9.17, 15) is 14.4 Å². The Kier molecular flexibility index (Phi) is 41.8. The second-order valence-corrected chi connectivity index (χ2v) is 17.8. The van der Waals surface area contributed by atoms with Crippen molar-refractivity contribution in [1.29, 1.82) is 0 Å². The number of hydrogen-bond acceptors (Lipinski definition) is 6. The molecule has 0 amide bonds. The molecule has 0 bridgehead atoms. The molecule has 0 saturated heterocycles. The largest absolute Gasteiger partial charge is 0.462 e. The first kappa shape index (κ1) is 54.4. The Morgan fingerprint density at radius 1 is 0.375 bits per heavy atom. The summed E-state index contributed by atoms with van der Waals surface area (Å²) < 4.78 is 16.7. The van der Waals surface area contributed by atoms with Gasteiger partial charge in [-0.15, -0.1) is 0 Å². The van der Waals surface area contributed by atoms with Gasteiger partial charge in [0.05, 0.1) is 0 Å². The lowest BCUT2D eigenvalue weighted by Crippen LogP contribution is -2.30. The van der Waals surface area contributed by atoms with E-state index in [1.165, 1.54) is 154 Å². The van der Waals surface area contributed by atoms with Crippen LogP contribution in [0.1, 0.15) is 272 Å². The van der Waals surface area contributed by atoms with E-state index in [4.69, 9.17) is 14.2 Å². The molecule has 0 aliphatic heterocycles. The van der Waals surface area contributed by atoms with Gasteiger partial charge in [0.15, 0.2) is 6.10 Å². The number of esters is 3. The number of hydrogen-bond donors (Lipinski definition) is 0. The smallest absolute Gasteiger partial charge is 0.306 e. The van der Waals surface area contributed by atoms with E-state index in [1.807, 2.05) is 0 Å². The van der Waals surface area contributed by atoms with E-state index >= 15 is 0 Å². The predicted octanol–water partition coefficient (Wildman–Crippen LogP) is 15.8. The van der Waals surface area contributed by atoms with Gasteiger partial charge < -0.3 is 14.2 Å². The van der Waals surface area contributed by atoms with Crippen molar-refractivity contribution in [2.45, 2.75) is 278 Å². The van der Waals surface area contributed by atoms with Gasteiger partial charge in [-0.2, -0.15) is 0 Å². The number of carbonyl (C=O) groups excluding carboxylic acids is 3. The molecular weight excluding hydrogens is 697 g/mol. The Morgan fingerprint density at radius 3 is 1.02 bits per heavy atom. The van der Waals surface area contributed by atoms with E-state index in [-0.39, 0.29) is 31.1 Å². The molecule has 0 aromatic rings. The lowest BCUT2D eigenvalue weighted by Gasteiger charge is -2.18. The van der Waals surface area contributed by atoms with Gasteiger partial charge in [-0.05, 0) is 31.1 Å². The minimum Gasteiger partial charge on any atom is -0.462 e. The van der Waals surface area contributed by atoms with Crippen molar-refractivity contribution in [2.75, 3.05) is 13.2 Å². The molecule has 6 nitrogen and oxygen atoms in total. The fourth-order valence-corrected chi connectivity index (χ4v) is 7.43. The van der Waals surface area contributed by atoms with Crippen LogP contribution in [0, 0.1) is 11.8 Å². The molecule has 0 N–H and O–H groups in total. The lowest BCUT2D eigenvalue weighted by molar-refractivity contribution is -0.167. The molecule has 332 valence electrons. The van der Waals surface area contributed by atoms with Crippen LogP contribution in [0.15, 0.2) is 0 Å². The van der Waals surface area contributed by atoms with Crippen LogP contribution < -0.4 is 0 Å². The molecule has 0 radical (unpaired) electrons. The van der Waals surface area contributed by atoms with Crippen LogP contribution in [-0.4, -0.2) is 37.2 Å². The zero-order valence-electron chi connectivity index (χ0n) is 38.3. The quantitative estimate of drug-likeness (QED) is 0.0347. The predicted molar refractivity (Wildman–Crippen MR) is 238 cm³/mol. The highest BCUT2D eigenvalue weighted by Gasteiger charge is 2.19. The highest BCUT2D eigenvalue weighted by atomic mass is 16.6. The second-order valence-electron chi connectivity index (χ2n) is 17.8. The molecule has 0 rings (SSSR count). The molecule has 0 saturated carbocycles. The molecule has 0 aromatic heterocycles. The minimum atomic E-state index is -0.759. The van der Waals surface area contributed by atoms with E-state index in [0.717, 1.165) is 76.0 Å². The fraction of sp³-hybridized carbons (Fsp3) is 0.940. The summed E-state index contributed by atoms with van der Waals surface area (Å²) in [5, 5.41) is 0. The van der Waals surface area contributed by atoms with Gasteiger partial charge in [0.25, 0.3) is 0 Å². The molecule has 0 fully saturated rings. The number of rotatable bonds is 44. The maximum absolute atomic E-state index is 12.7. The van der Waals surface area contributed by atoms with E-state index < -0.39 is 6.10 Å². The van der Waals surface area contributed by atoms with Crippen molar-refractivity contribution in [1.82, 2.24) is 0 Å². The molecule has 0 aromatic carbocycles. The first-order valence-electron chi connectivity index (χ1n) is 24.8. The Hall–Kier alpha value is -1.59. The van der Waals surface area contributed by atoms with Crippen molar-refractivity contribution < 1.29 is 28.6 Å². The zero-order valence-corrected chi connectivity index (χ0v) is 38.3. The Morgan fingerprint density at radius 2 is 0.679 bits per heavy atom. The number of carbonyl (C=O) groups is 3. The van der Waals surface area contributed by atoms with E-state index in [1.54, 1.807) is 0 Å². The van der Waals surface area contributed by atoms with Crippen LogP contribution in [0.2, 0.25) is 0 Å². The molecule has 6 heteroatoms. The highest BCUT2D eigenvalue weighted by Crippen LogP contribution is 2.18. The Labute approximate surface area is 348 Å². The van der Waals surface area contributed by atoms with Crippen LogP contribution in [-0.2, 0) is 28.6 Å². The van der Waals surface area contributed by atoms with Crippen molar-refractivity contribution in [3.63, 3.8) is 0 Å². The minimum absolute atomic E-state index is 0.0649. The third kappa shape index (κ3) is 42.0. The molecular formula is C50H96O6. The number of unbranched alkanes of at least 4 members (excludes halogenated alkanes) is 28. The summed E-state index contributed by atoms with van der Waals surface area (Å²) >= 11 is 0. The third-order valence-electron chi connectivity index (χ3n) is 11.6. The average Bonchev–Trinajstić information content (AvgIpc) is 3.18. The summed E-state index contributed by atoms with van der Waals surface area (Å²) in [6.07, 6.45) is 42.6. The Bertz CT molecular complexity index is 856. The summed E-state index contributed by atoms with van der Waals surface area (Å²) in [7, 11) is 0. The van der Waals surface area contributed by atoms with Crippen molar-refractivity contribution in [2.24, 2.45) is 11.8 Å². The monoisotopic (exact) mass is 793 g/mol. The summed E-state index contributed by atoms with van der Waals surface area (Å²) in [6.45, 7) is 11.3. The molecule has 0 heterocycles. The first-order chi connectivity index (χ1) is 27.3. The zero-order chi connectivity index (χ0) is 41.2. The van der Waals surface area contributed by atoms with Gasteiger partial charge in [-0.3, -0.25) is 14.4 Å². The molecule has 0 spiro atoms. The molecule has 56 heavy (non-hydrogen) atoms. The van der Waals surface area contributed by atoms with E-state index in [2.05, 4.69) is 34.6 Å². The van der Waals surface area contributed by atoms with Crippen molar-refractivity contribution in [3.05, 3.63) is 0 Å². The van der Waals surface area contributed by atoms with Gasteiger partial charge in [0.1, 0.15) is 13.2 Å². The standard InChI is InChI=1S/C50H96O6/c1-6-8-9-28-35-40-48(51)54-43-47(56-50(53)42-37-32-27-23-19-15-14-16-20-24-29-33-38-45(3)4)44-55-49(52)41-36-31-26-22-18-13-11-10-12-17-21-25-30-34-39-46(5)7-2/h45-47H,6-44H2,1-5H3/t46?,47-/m0/s1. The molecule has 1 unspecified atom stereocenters. The third-order valence-corrected chi connectivity index (χ3v) is 11.6. The molecule has 2 atom stereocenters. The van der Waals surface area contributed by atoms with Gasteiger partial charge in [0.2, 0.25) is 0 Å². The number of ether oxygens (including phenoxy) is 3. The van der Waals surface area contributed by atoms with Crippen LogP contribution in [0.3, 0.4) is 0 Å². The summed E-state index contributed by atoms with van der Waals surface area (Å²) in [5.74, 6) is 0.863. The van der Waals surface area contributed by atoms with Crippen molar-refractivity contribution >= 4 is 17.9 Å². The van der Waals surface area contributed by atoms with Crippen LogP contribution in [0.5, 0.6) is 0 Å². The van der Waals surface area contributed by atoms with Gasteiger partial charge in [0, 0.05) is 19.3 Å². The maximum Gasteiger partial charge on any atom is 0.306 e. The highest BCUT2D eigenvalue weighted by molar-refractivity contribution is 5.71. The summed E-state index contributed by atoms with van der Waals surface area (Å²) in [4.78, 5) is 37.6. The normalized spacial score (nSPS) is 12.5. The molecule has 0 aliphatic carbocycles. The van der Waals surface area contributed by atoms with Gasteiger partial charge in [-0.1, -0.05) is 234 Å². The lowest BCUT2D eigenvalue weighted by atomic mass is 9.99. The summed E-state index contributed by atoms with van der Waals surface area (Å²) in [5.41, 5.74) is 0. The van der Waals surface area contributed by atoms with Crippen LogP contribution in [0.25, 0.3) is 0 Å². The van der Waals surface area contributed by atoms with Crippen LogP contribution >= 0.6 is 0 Å². The van der Waals surface area contributed by atoms with Gasteiger partial charge >= 0.3 is 17.9 Å². The SMILES string of the molecule is CCCCCCCC(=O)OC[C@@H](COC(=O)CCCCCCCCCCCCCCCCC(C)CC)OC(=O)CCCCCCCCCCCCCCC(C)C. The summed E-state index contributed by atoms with van der Waals surface area (Å²) in [6, 6.07) is 0. The molecule has 0 aliphatic rings. The second kappa shape index (κ2) is 43.0. The maximum atomic E-state index is 12.7. The fourth-order valence-electron chi connectivity index (χ4n) is 7.43. The van der Waals surface area contributed by atoms with Crippen molar-refractivity contribution in [3.8, 4) is 0 Å². The first-order valence-corrected chi connectivity index (χ1v) is 24.8. The van der Waals surface area contributed by atoms with Crippen LogP contribution in [0.4, 0.5) is 0 Å². The average molecular weight is 793 g/mol. The topological polar surface area (TPSA) is 78.9 Å². The Balaban J connectivity index is 4.13. The van der Waals surface area contributed by atoms with E-state index in [0.29, 0.717) is 19.3 Å². The van der Waals surface area contributed by atoms with Gasteiger partial charge in [-0.25, -0.2) is 0 Å².